The first-order chi connectivity index (χ1) is 65.2. The number of aromatic nitrogens is 9. The number of benzene rings is 3. The van der Waals surface area contributed by atoms with E-state index in [1.54, 1.807) is 87.0 Å². The maximum absolute atomic E-state index is 14.7. The number of hydrogen-bond donors (Lipinski definition) is 3. The Balaban J connectivity index is 0.000000175. The molecule has 3 saturated heterocycles. The van der Waals surface area contributed by atoms with Gasteiger partial charge in [-0.05, 0) is 131 Å². The number of fused-ring (bicyclic) bond motifs is 3. The van der Waals surface area contributed by atoms with Crippen molar-refractivity contribution in [2.24, 2.45) is 0 Å². The third-order valence-electron chi connectivity index (χ3n) is 24.2. The summed E-state index contributed by atoms with van der Waals surface area (Å²) in [5.41, 5.74) is 14.7. The van der Waals surface area contributed by atoms with Crippen LogP contribution in [0.1, 0.15) is 131 Å². The second-order valence-electron chi connectivity index (χ2n) is 33.8. The zero-order chi connectivity index (χ0) is 101. The van der Waals surface area contributed by atoms with Crippen molar-refractivity contribution >= 4 is 155 Å². The van der Waals surface area contributed by atoms with Gasteiger partial charge in [0, 0.05) is 128 Å². The van der Waals surface area contributed by atoms with Crippen molar-refractivity contribution in [3.8, 4) is 69.0 Å². The quantitative estimate of drug-likeness (QED) is 0.0282. The maximum Gasteiger partial charge on any atom is 0.276 e. The van der Waals surface area contributed by atoms with Gasteiger partial charge in [-0.25, -0.2) is 54.5 Å². The largest absolute Gasteiger partial charge is 0.396 e. The smallest absolute Gasteiger partial charge is 0.276 e. The van der Waals surface area contributed by atoms with Crippen molar-refractivity contribution < 1.29 is 53.9 Å². The lowest BCUT2D eigenvalue weighted by molar-refractivity contribution is -0.129. The molecule has 0 aliphatic carbocycles. The van der Waals surface area contributed by atoms with E-state index in [0.29, 0.717) is 50.8 Å². The molecule has 27 nitrogen and oxygen atoms in total. The van der Waals surface area contributed by atoms with E-state index in [9.17, 15) is 84.1 Å². The summed E-state index contributed by atoms with van der Waals surface area (Å²) in [6, 6.07) is 14.4. The molecule has 3 fully saturated rings. The molecule has 0 spiro atoms. The van der Waals surface area contributed by atoms with Crippen LogP contribution < -0.4 is 48.6 Å². The predicted molar refractivity (Wildman–Crippen MR) is 516 cm³/mol. The second kappa shape index (κ2) is 40.1. The number of rotatable bonds is 15. The van der Waals surface area contributed by atoms with Gasteiger partial charge in [-0.15, -0.1) is 0 Å². The highest BCUT2D eigenvalue weighted by atomic mass is 35.5. The van der Waals surface area contributed by atoms with E-state index in [-0.39, 0.29) is 212 Å². The molecule has 3 aliphatic heterocycles. The molecular weight excluding hydrogens is 1930 g/mol. The van der Waals surface area contributed by atoms with Crippen LogP contribution in [-0.2, 0) is 14.4 Å². The molecule has 0 radical (unpaired) electrons. The summed E-state index contributed by atoms with van der Waals surface area (Å²) in [5.74, 6) is -17.0. The van der Waals surface area contributed by atoms with Crippen LogP contribution in [0.3, 0.4) is 0 Å². The molecule has 714 valence electrons. The number of amides is 3. The van der Waals surface area contributed by atoms with Crippen LogP contribution in [-0.4, -0.2) is 153 Å². The average Bonchev–Trinajstić information content (AvgIpc) is 0.726. The number of pyridine rings is 9. The van der Waals surface area contributed by atoms with Gasteiger partial charge >= 0.3 is 0 Å². The first kappa shape index (κ1) is 102. The summed E-state index contributed by atoms with van der Waals surface area (Å²) in [4.78, 5) is 118. The van der Waals surface area contributed by atoms with Crippen molar-refractivity contribution in [1.29, 1.82) is 15.8 Å². The zero-order valence-corrected chi connectivity index (χ0v) is 80.3. The zero-order valence-electron chi connectivity index (χ0n) is 75.8. The van der Waals surface area contributed by atoms with E-state index < -0.39 is 118 Å². The normalized spacial score (nSPS) is 15.0. The van der Waals surface area contributed by atoms with Gasteiger partial charge in [-0.3, -0.25) is 57.4 Å². The van der Waals surface area contributed by atoms with E-state index in [2.05, 4.69) is 67.8 Å². The van der Waals surface area contributed by atoms with E-state index in [0.717, 1.165) is 0 Å². The Kier molecular flexibility index (Phi) is 29.5. The third kappa shape index (κ3) is 17.6. The number of nitrogens with two attached hydrogens (primary N) is 3. The second-order valence-corrected chi connectivity index (χ2v) is 36.1. The lowest BCUT2D eigenvalue weighted by atomic mass is 10.0. The monoisotopic (exact) mass is 2010 g/mol. The van der Waals surface area contributed by atoms with Crippen LogP contribution >= 0.6 is 69.6 Å². The van der Waals surface area contributed by atoms with Gasteiger partial charge in [-0.2, -0.15) is 15.8 Å². The summed E-state index contributed by atoms with van der Waals surface area (Å²) >= 11 is 38.6. The molecule has 0 bridgehead atoms. The fourth-order valence-electron chi connectivity index (χ4n) is 17.6. The maximum atomic E-state index is 14.7. The van der Waals surface area contributed by atoms with Crippen LogP contribution in [0.25, 0.3) is 83.9 Å². The van der Waals surface area contributed by atoms with Gasteiger partial charge in [0.15, 0.2) is 52.4 Å². The first-order valence-corrected chi connectivity index (χ1v) is 44.9. The van der Waals surface area contributed by atoms with Crippen LogP contribution in [0.5, 0.6) is 0 Å². The lowest BCUT2D eigenvalue weighted by Gasteiger charge is -2.41. The number of nitriles is 3. The van der Waals surface area contributed by atoms with E-state index in [4.69, 9.17) is 86.8 Å². The Morgan fingerprint density at radius 3 is 0.833 bits per heavy atom. The summed E-state index contributed by atoms with van der Waals surface area (Å²) in [5, 5.41) is 28.9. The van der Waals surface area contributed by atoms with E-state index >= 15 is 0 Å². The highest BCUT2D eigenvalue weighted by Gasteiger charge is 2.40. The Hall–Kier alpha value is -13.8. The number of nitrogen functional groups attached to an aromatic ring is 3. The third-order valence-corrected chi connectivity index (χ3v) is 26.1. The van der Waals surface area contributed by atoms with Crippen molar-refractivity contribution in [2.45, 2.75) is 119 Å². The fraction of sp³-hybridized carbons (Fsp3) is 0.281. The lowest BCUT2D eigenvalue weighted by Crippen LogP contribution is -2.54. The minimum atomic E-state index is -1.86. The van der Waals surface area contributed by atoms with Crippen molar-refractivity contribution in [1.82, 2.24) is 58.3 Å². The topological polar surface area (TPSA) is 363 Å². The van der Waals surface area contributed by atoms with Gasteiger partial charge < -0.3 is 46.6 Å². The molecule has 6 N–H and O–H groups in total. The van der Waals surface area contributed by atoms with Crippen LogP contribution in [0.4, 0.5) is 73.6 Å². The molecule has 3 aliphatic rings. The molecule has 3 amide bonds. The fourth-order valence-corrected chi connectivity index (χ4v) is 19.1. The molecule has 12 aromatic rings. The van der Waals surface area contributed by atoms with Crippen LogP contribution in [0, 0.1) is 107 Å². The molecule has 12 heterocycles. The number of hydrogen-bond acceptors (Lipinski definition) is 21. The Morgan fingerprint density at radius 1 is 0.399 bits per heavy atom. The predicted octanol–water partition coefficient (Wildman–Crippen LogP) is 18.8. The first-order valence-electron chi connectivity index (χ1n) is 42.6. The number of carbonyl (C=O) groups is 3. The van der Waals surface area contributed by atoms with Gasteiger partial charge in [0.05, 0.1) is 115 Å². The molecular formula is C96H84Cl6F9N21O6. The van der Waals surface area contributed by atoms with Crippen LogP contribution in [0.2, 0.25) is 30.1 Å². The summed E-state index contributed by atoms with van der Waals surface area (Å²) in [6.45, 7) is 34.9. The summed E-state index contributed by atoms with van der Waals surface area (Å²) in [7, 11) is 0. The van der Waals surface area contributed by atoms with Crippen molar-refractivity contribution in [3.63, 3.8) is 0 Å². The van der Waals surface area contributed by atoms with E-state index in [1.165, 1.54) is 50.1 Å². The molecule has 15 rings (SSSR count). The van der Waals surface area contributed by atoms with Gasteiger partial charge in [0.1, 0.15) is 51.8 Å². The summed E-state index contributed by atoms with van der Waals surface area (Å²) < 4.78 is 134. The molecule has 9 aromatic heterocycles. The minimum absolute atomic E-state index is 0.0470. The average molecular weight is 2010 g/mol. The van der Waals surface area contributed by atoms with Crippen molar-refractivity contribution in [2.75, 3.05) is 90.8 Å². The van der Waals surface area contributed by atoms with Crippen molar-refractivity contribution in [3.05, 3.63) is 257 Å². The standard InChI is InChI=1S/3C32H28Cl2F3N7O2/c3*1-6-20(45)43-10-9-42(13-16(43)5)30-17-11-19(33)28(21-22(34)23(35)24(36)25(37)26(21)39)41-31(17)44(32(46)18(30)12-38)29-15(4)7-8-40-27(29)14(2)3/h3*6-8,11,14,16H,1,9-10,13,39H2,2-5H3/t3*16-/m111/s1. The highest BCUT2D eigenvalue weighted by Crippen LogP contribution is 2.49. The Labute approximate surface area is 813 Å². The van der Waals surface area contributed by atoms with Gasteiger partial charge in [-0.1, -0.05) is 131 Å². The SMILES string of the molecule is C=CC(=O)N1CCN(c2c(C#N)c(=O)n(-c3c(C)ccnc3C(C)C)c3nc(-c4c(N)c(F)c(F)c(F)c4Cl)c(Cl)cc23)C[C@H]1C.C=CC(=O)N1CCN(c2c(C#N)c(=O)n(-c3c(C)ccnc3C(C)C)c3nc(-c4c(N)c(F)c(F)c(F)c4Cl)c(Cl)cc23)C[C@H]1C.C=CC(=O)N1CCN(c2c(C#N)c(=O)n(-c3c(C)ccnc3C(C)C)c3nc(-c4c(N)c(F)c(F)c(F)c4Cl)c(Cl)cc23)C[C@H]1C. The summed E-state index contributed by atoms with van der Waals surface area (Å²) in [6.07, 6.45) is 8.42. The molecule has 0 saturated carbocycles. The number of nitrogens with zero attached hydrogens (tertiary/aromatic N) is 18. The number of aryl methyl sites for hydroxylation is 3. The molecule has 42 heteroatoms. The van der Waals surface area contributed by atoms with E-state index in [1.807, 2.05) is 62.3 Å². The molecule has 138 heavy (non-hydrogen) atoms. The molecule has 0 unspecified atom stereocenters. The number of anilines is 6. The van der Waals surface area contributed by atoms with Gasteiger partial charge in [0.2, 0.25) is 17.7 Å². The Bertz CT molecular complexity index is 6790. The van der Waals surface area contributed by atoms with Gasteiger partial charge in [0.25, 0.3) is 16.7 Å². The minimum Gasteiger partial charge on any atom is -0.396 e. The number of piperazine rings is 3. The molecule has 3 aromatic carbocycles. The molecule has 3 atom stereocenters. The Morgan fingerprint density at radius 2 is 0.630 bits per heavy atom. The number of halogens is 15. The number of carbonyl (C=O) groups excluding carboxylic acids is 3. The van der Waals surface area contributed by atoms with Crippen LogP contribution in [0.15, 0.2) is 107 Å². The highest BCUT2D eigenvalue weighted by molar-refractivity contribution is 6.39.